The van der Waals surface area contributed by atoms with E-state index < -0.39 is 0 Å². The van der Waals surface area contributed by atoms with Crippen LogP contribution in [0.15, 0.2) is 53.3 Å². The van der Waals surface area contributed by atoms with Crippen LogP contribution in [0.1, 0.15) is 35.8 Å². The molecule has 0 unspecified atom stereocenters. The molecule has 6 nitrogen and oxygen atoms in total. The largest absolute Gasteiger partial charge is 0.348 e. The SMILES string of the molecule is Cc1nn(CC(=O)N[C@H]2CCCc3ccccc32)c(=O)c2cc3cc(F)ccc3n12. The third-order valence-corrected chi connectivity index (χ3v) is 5.80. The number of nitrogens with zero attached hydrogens (tertiary/aromatic N) is 3. The van der Waals surface area contributed by atoms with Crippen LogP contribution in [-0.2, 0) is 17.8 Å². The Morgan fingerprint density at radius 1 is 1.20 bits per heavy atom. The molecule has 0 saturated heterocycles. The normalized spacial score (nSPS) is 16.0. The summed E-state index contributed by atoms with van der Waals surface area (Å²) in [6.07, 6.45) is 2.90. The van der Waals surface area contributed by atoms with Crippen molar-refractivity contribution in [2.75, 3.05) is 0 Å². The van der Waals surface area contributed by atoms with E-state index in [1.807, 2.05) is 18.2 Å². The van der Waals surface area contributed by atoms with Crippen LogP contribution in [0.2, 0.25) is 0 Å². The number of carbonyl (C=O) groups excluding carboxylic acids is 1. The molecule has 4 aromatic rings. The molecular formula is C23H21FN4O2. The van der Waals surface area contributed by atoms with Crippen molar-refractivity contribution in [2.45, 2.75) is 38.8 Å². The first-order valence-corrected chi connectivity index (χ1v) is 10.1. The monoisotopic (exact) mass is 404 g/mol. The van der Waals surface area contributed by atoms with E-state index in [1.165, 1.54) is 22.4 Å². The zero-order valence-corrected chi connectivity index (χ0v) is 16.6. The minimum atomic E-state index is -0.378. The Morgan fingerprint density at radius 3 is 2.90 bits per heavy atom. The lowest BCUT2D eigenvalue weighted by Gasteiger charge is -2.26. The van der Waals surface area contributed by atoms with Crippen molar-refractivity contribution in [1.29, 1.82) is 0 Å². The highest BCUT2D eigenvalue weighted by molar-refractivity contribution is 5.87. The maximum absolute atomic E-state index is 13.6. The molecule has 1 amide bonds. The Labute approximate surface area is 171 Å². The number of aryl methyl sites for hydroxylation is 2. The van der Waals surface area contributed by atoms with E-state index >= 15 is 0 Å². The summed E-state index contributed by atoms with van der Waals surface area (Å²) in [5.41, 5.74) is 3.11. The van der Waals surface area contributed by atoms with E-state index in [4.69, 9.17) is 0 Å². The van der Waals surface area contributed by atoms with Crippen LogP contribution >= 0.6 is 0 Å². The Kier molecular flexibility index (Phi) is 4.38. The van der Waals surface area contributed by atoms with E-state index in [1.54, 1.807) is 23.5 Å². The number of rotatable bonds is 3. The van der Waals surface area contributed by atoms with E-state index in [-0.39, 0.29) is 29.9 Å². The average Bonchev–Trinajstić information content (AvgIpc) is 3.11. The summed E-state index contributed by atoms with van der Waals surface area (Å²) in [6.45, 7) is 1.60. The molecule has 0 fully saturated rings. The summed E-state index contributed by atoms with van der Waals surface area (Å²) in [5, 5.41) is 8.02. The summed E-state index contributed by atoms with van der Waals surface area (Å²) in [6, 6.07) is 14.1. The highest BCUT2D eigenvalue weighted by atomic mass is 19.1. The topological polar surface area (TPSA) is 68.4 Å². The number of hydrogen-bond donors (Lipinski definition) is 1. The fraction of sp³-hybridized carbons (Fsp3) is 0.261. The molecule has 0 bridgehead atoms. The van der Waals surface area contributed by atoms with Gasteiger partial charge in [-0.15, -0.1) is 0 Å². The summed E-state index contributed by atoms with van der Waals surface area (Å²) in [5.74, 6) is -0.0595. The van der Waals surface area contributed by atoms with Gasteiger partial charge in [0.15, 0.2) is 0 Å². The van der Waals surface area contributed by atoms with Gasteiger partial charge < -0.3 is 5.32 Å². The highest BCUT2D eigenvalue weighted by Gasteiger charge is 2.22. The Balaban J connectivity index is 1.46. The third kappa shape index (κ3) is 3.07. The molecule has 1 aliphatic rings. The smallest absolute Gasteiger partial charge is 0.291 e. The van der Waals surface area contributed by atoms with Crippen LogP contribution in [0.5, 0.6) is 0 Å². The molecule has 1 N–H and O–H groups in total. The molecule has 2 aromatic carbocycles. The number of hydrogen-bond acceptors (Lipinski definition) is 3. The second kappa shape index (κ2) is 7.09. The van der Waals surface area contributed by atoms with Gasteiger partial charge in [-0.3, -0.25) is 14.0 Å². The van der Waals surface area contributed by atoms with Crippen molar-refractivity contribution >= 4 is 22.3 Å². The molecule has 1 atom stereocenters. The van der Waals surface area contributed by atoms with Crippen molar-refractivity contribution in [3.8, 4) is 0 Å². The minimum Gasteiger partial charge on any atom is -0.348 e. The first-order chi connectivity index (χ1) is 14.5. The van der Waals surface area contributed by atoms with Crippen LogP contribution in [0.25, 0.3) is 16.4 Å². The Hall–Kier alpha value is -3.48. The second-order valence-corrected chi connectivity index (χ2v) is 7.79. The molecule has 2 heterocycles. The van der Waals surface area contributed by atoms with Crippen LogP contribution < -0.4 is 10.9 Å². The number of aromatic nitrogens is 3. The molecular weight excluding hydrogens is 383 g/mol. The molecule has 5 rings (SSSR count). The lowest BCUT2D eigenvalue weighted by Crippen LogP contribution is -2.37. The van der Waals surface area contributed by atoms with Crippen molar-refractivity contribution in [3.05, 3.63) is 81.7 Å². The molecule has 1 aliphatic carbocycles. The van der Waals surface area contributed by atoms with Crippen LogP contribution in [-0.4, -0.2) is 20.1 Å². The van der Waals surface area contributed by atoms with Gasteiger partial charge in [-0.25, -0.2) is 9.07 Å². The quantitative estimate of drug-likeness (QED) is 0.570. The van der Waals surface area contributed by atoms with E-state index in [2.05, 4.69) is 16.5 Å². The van der Waals surface area contributed by atoms with Gasteiger partial charge in [0.2, 0.25) is 5.91 Å². The molecule has 30 heavy (non-hydrogen) atoms. The summed E-state index contributed by atoms with van der Waals surface area (Å²) in [4.78, 5) is 25.7. The first kappa shape index (κ1) is 18.5. The number of benzene rings is 2. The van der Waals surface area contributed by atoms with Gasteiger partial charge >= 0.3 is 0 Å². The number of nitrogens with one attached hydrogen (secondary N) is 1. The predicted octanol–water partition coefficient (Wildman–Crippen LogP) is 3.29. The summed E-state index contributed by atoms with van der Waals surface area (Å²) < 4.78 is 16.5. The molecule has 0 aliphatic heterocycles. The van der Waals surface area contributed by atoms with Crippen molar-refractivity contribution in [2.24, 2.45) is 0 Å². The predicted molar refractivity (Wildman–Crippen MR) is 112 cm³/mol. The number of amides is 1. The van der Waals surface area contributed by atoms with Gasteiger partial charge in [0.05, 0.1) is 11.6 Å². The molecule has 0 saturated carbocycles. The summed E-state index contributed by atoms with van der Waals surface area (Å²) >= 11 is 0. The Morgan fingerprint density at radius 2 is 2.03 bits per heavy atom. The lowest BCUT2D eigenvalue weighted by molar-refractivity contribution is -0.122. The zero-order chi connectivity index (χ0) is 20.8. The molecule has 0 radical (unpaired) electrons. The average molecular weight is 404 g/mol. The molecule has 2 aromatic heterocycles. The van der Waals surface area contributed by atoms with Crippen molar-refractivity contribution in [1.82, 2.24) is 19.5 Å². The number of halogens is 1. The fourth-order valence-electron chi connectivity index (χ4n) is 4.48. The standard InChI is InChI=1S/C23H21FN4O2/c1-14-26-27(23(30)21-12-16-11-17(24)9-10-20(16)28(14)21)13-22(29)25-19-8-4-6-15-5-2-3-7-18(15)19/h2-3,5,7,9-12,19H,4,6,8,13H2,1H3,(H,25,29)/t19-/m0/s1. The van der Waals surface area contributed by atoms with Crippen LogP contribution in [0.3, 0.4) is 0 Å². The van der Waals surface area contributed by atoms with Crippen molar-refractivity contribution in [3.63, 3.8) is 0 Å². The minimum absolute atomic E-state index is 0.0538. The second-order valence-electron chi connectivity index (χ2n) is 7.79. The Bertz CT molecular complexity index is 1350. The molecule has 0 spiro atoms. The maximum Gasteiger partial charge on any atom is 0.291 e. The van der Waals surface area contributed by atoms with Crippen LogP contribution in [0.4, 0.5) is 4.39 Å². The van der Waals surface area contributed by atoms with Crippen LogP contribution in [0, 0.1) is 12.7 Å². The number of carbonyl (C=O) groups is 1. The maximum atomic E-state index is 13.6. The van der Waals surface area contributed by atoms with Gasteiger partial charge in [0.1, 0.15) is 23.7 Å². The van der Waals surface area contributed by atoms with Gasteiger partial charge in [-0.2, -0.15) is 5.10 Å². The third-order valence-electron chi connectivity index (χ3n) is 5.80. The van der Waals surface area contributed by atoms with E-state index in [0.717, 1.165) is 24.8 Å². The van der Waals surface area contributed by atoms with Gasteiger partial charge in [-0.05, 0) is 61.6 Å². The van der Waals surface area contributed by atoms with Gasteiger partial charge in [-0.1, -0.05) is 24.3 Å². The zero-order valence-electron chi connectivity index (χ0n) is 16.6. The van der Waals surface area contributed by atoms with Crippen molar-refractivity contribution < 1.29 is 9.18 Å². The lowest BCUT2D eigenvalue weighted by atomic mass is 9.88. The first-order valence-electron chi connectivity index (χ1n) is 10.1. The fourth-order valence-corrected chi connectivity index (χ4v) is 4.48. The molecule has 152 valence electrons. The van der Waals surface area contributed by atoms with E-state index in [9.17, 15) is 14.0 Å². The van der Waals surface area contributed by atoms with Gasteiger partial charge in [0, 0.05) is 5.39 Å². The van der Waals surface area contributed by atoms with Gasteiger partial charge in [0.25, 0.3) is 5.56 Å². The highest BCUT2D eigenvalue weighted by Crippen LogP contribution is 2.29. The number of fused-ring (bicyclic) bond motifs is 4. The summed E-state index contributed by atoms with van der Waals surface area (Å²) in [7, 11) is 0. The molecule has 7 heteroatoms. The van der Waals surface area contributed by atoms with E-state index in [0.29, 0.717) is 22.2 Å².